The van der Waals surface area contributed by atoms with Crippen LogP contribution in [0.3, 0.4) is 0 Å². The second-order valence-corrected chi connectivity index (χ2v) is 7.11. The molecule has 0 spiro atoms. The normalized spacial score (nSPS) is 11.2. The number of benzene rings is 1. The first-order valence-electron chi connectivity index (χ1n) is 9.17. The molecule has 2 N–H and O–H groups in total. The number of hydrogen-bond acceptors (Lipinski definition) is 6. The Balaban J connectivity index is 1.83. The lowest BCUT2D eigenvalue weighted by Crippen LogP contribution is -2.22. The van der Waals surface area contributed by atoms with E-state index < -0.39 is 15.9 Å². The minimum Gasteiger partial charge on any atom is -0.343 e. The molecule has 1 aromatic carbocycles. The van der Waals surface area contributed by atoms with Gasteiger partial charge in [-0.05, 0) is 32.4 Å². The molecule has 0 aliphatic carbocycles. The molecular weight excluding hydrogens is 388 g/mol. The molecule has 3 aromatic heterocycles. The van der Waals surface area contributed by atoms with Gasteiger partial charge in [0.25, 0.3) is 17.2 Å². The lowest BCUT2D eigenvalue weighted by molar-refractivity contribution is -0.384. The molecule has 0 aliphatic rings. The van der Waals surface area contributed by atoms with E-state index in [1.54, 1.807) is 39.0 Å². The van der Waals surface area contributed by atoms with Crippen molar-refractivity contribution in [2.45, 2.75) is 27.2 Å². The van der Waals surface area contributed by atoms with Crippen LogP contribution in [0.25, 0.3) is 17.0 Å². The number of H-pyrrole nitrogens is 2. The first kappa shape index (κ1) is 19.2. The second kappa shape index (κ2) is 7.07. The maximum atomic E-state index is 13.1. The summed E-state index contributed by atoms with van der Waals surface area (Å²) in [6.45, 7) is 5.33. The van der Waals surface area contributed by atoms with Crippen LogP contribution in [-0.4, -0.2) is 29.7 Å². The van der Waals surface area contributed by atoms with Gasteiger partial charge in [-0.2, -0.15) is 4.68 Å². The third-order valence-corrected chi connectivity index (χ3v) is 4.86. The minimum atomic E-state index is -0.541. The highest BCUT2D eigenvalue weighted by Gasteiger charge is 2.19. The van der Waals surface area contributed by atoms with E-state index in [9.17, 15) is 19.7 Å². The summed E-state index contributed by atoms with van der Waals surface area (Å²) in [5, 5.41) is 13.7. The number of rotatable bonds is 4. The zero-order valence-electron chi connectivity index (χ0n) is 16.5. The number of aryl methyl sites for hydroxylation is 3. The number of nitro benzene ring substituents is 1. The molecule has 30 heavy (non-hydrogen) atoms. The summed E-state index contributed by atoms with van der Waals surface area (Å²) in [6, 6.07) is 7.75. The average Bonchev–Trinajstić information content (AvgIpc) is 3.01. The van der Waals surface area contributed by atoms with Crippen molar-refractivity contribution in [1.82, 2.24) is 24.7 Å². The minimum absolute atomic E-state index is 0.0136. The van der Waals surface area contributed by atoms with Gasteiger partial charge in [-0.15, -0.1) is 0 Å². The molecule has 10 nitrogen and oxygen atoms in total. The third-order valence-electron chi connectivity index (χ3n) is 4.86. The van der Waals surface area contributed by atoms with Crippen LogP contribution in [0.2, 0.25) is 0 Å². The van der Waals surface area contributed by atoms with E-state index in [4.69, 9.17) is 0 Å². The Morgan fingerprint density at radius 1 is 1.07 bits per heavy atom. The fourth-order valence-corrected chi connectivity index (χ4v) is 3.42. The predicted molar refractivity (Wildman–Crippen MR) is 110 cm³/mol. The molecule has 4 rings (SSSR count). The molecule has 0 atom stereocenters. The largest absolute Gasteiger partial charge is 0.343 e. The van der Waals surface area contributed by atoms with Crippen molar-refractivity contribution in [1.29, 1.82) is 0 Å². The van der Waals surface area contributed by atoms with Gasteiger partial charge in [-0.25, -0.2) is 9.97 Å². The lowest BCUT2D eigenvalue weighted by Gasteiger charge is -2.05. The molecule has 0 bridgehead atoms. The lowest BCUT2D eigenvalue weighted by atomic mass is 10.0. The van der Waals surface area contributed by atoms with Crippen LogP contribution < -0.4 is 11.0 Å². The van der Waals surface area contributed by atoms with E-state index >= 15 is 0 Å². The summed E-state index contributed by atoms with van der Waals surface area (Å²) in [5.41, 5.74) is 2.46. The quantitative estimate of drug-likeness (QED) is 0.393. The van der Waals surface area contributed by atoms with Gasteiger partial charge in [0, 0.05) is 41.2 Å². The van der Waals surface area contributed by atoms with Crippen molar-refractivity contribution in [2.75, 3.05) is 0 Å². The number of aromatic nitrogens is 5. The molecular formula is C20H18N6O4. The van der Waals surface area contributed by atoms with Gasteiger partial charge in [-0.3, -0.25) is 24.8 Å². The SMILES string of the molecule is Cc1cc(C)nc(-n2[nH]c3[nH]c(C)c(Cc4ccc([N+](=O)[O-])cc4)c(=O)c3c2=O)n1. The van der Waals surface area contributed by atoms with Crippen LogP contribution in [0.15, 0.2) is 39.9 Å². The molecule has 0 amide bonds. The maximum Gasteiger partial charge on any atom is 0.287 e. The fourth-order valence-electron chi connectivity index (χ4n) is 3.42. The molecule has 0 fully saturated rings. The van der Waals surface area contributed by atoms with Gasteiger partial charge < -0.3 is 4.98 Å². The second-order valence-electron chi connectivity index (χ2n) is 7.11. The zero-order valence-corrected chi connectivity index (χ0v) is 16.5. The zero-order chi connectivity index (χ0) is 21.6. The molecule has 152 valence electrons. The van der Waals surface area contributed by atoms with Gasteiger partial charge in [0.2, 0.25) is 0 Å². The summed E-state index contributed by atoms with van der Waals surface area (Å²) < 4.78 is 1.15. The fraction of sp³-hybridized carbons (Fsp3) is 0.200. The van der Waals surface area contributed by atoms with Gasteiger partial charge in [-0.1, -0.05) is 12.1 Å². The Labute approximate surface area is 169 Å². The van der Waals surface area contributed by atoms with Crippen LogP contribution in [-0.2, 0) is 6.42 Å². The number of non-ortho nitro benzene ring substituents is 1. The van der Waals surface area contributed by atoms with Crippen molar-refractivity contribution < 1.29 is 4.92 Å². The monoisotopic (exact) mass is 406 g/mol. The molecule has 4 aromatic rings. The average molecular weight is 406 g/mol. The van der Waals surface area contributed by atoms with Crippen LogP contribution in [0.4, 0.5) is 5.69 Å². The number of nitro groups is 1. The van der Waals surface area contributed by atoms with Crippen molar-refractivity contribution in [2.24, 2.45) is 0 Å². The summed E-state index contributed by atoms with van der Waals surface area (Å²) in [5.74, 6) is 0.163. The van der Waals surface area contributed by atoms with Crippen LogP contribution in [0, 0.1) is 30.9 Å². The van der Waals surface area contributed by atoms with E-state index in [-0.39, 0.29) is 29.1 Å². The van der Waals surface area contributed by atoms with Crippen LogP contribution in [0.1, 0.15) is 28.2 Å². The summed E-state index contributed by atoms with van der Waals surface area (Å²) in [4.78, 5) is 48.1. The molecule has 10 heteroatoms. The van der Waals surface area contributed by atoms with Gasteiger partial charge in [0.05, 0.1) is 4.92 Å². The Bertz CT molecular complexity index is 1390. The van der Waals surface area contributed by atoms with Crippen molar-refractivity contribution in [3.63, 3.8) is 0 Å². The highest BCUT2D eigenvalue weighted by atomic mass is 16.6. The Hall–Kier alpha value is -4.08. The summed E-state index contributed by atoms with van der Waals surface area (Å²) >= 11 is 0. The Morgan fingerprint density at radius 2 is 1.70 bits per heavy atom. The van der Waals surface area contributed by atoms with Crippen LogP contribution in [0.5, 0.6) is 0 Å². The smallest absolute Gasteiger partial charge is 0.287 e. The molecule has 0 unspecified atom stereocenters. The predicted octanol–water partition coefficient (Wildman–Crippen LogP) is 2.22. The van der Waals surface area contributed by atoms with Crippen LogP contribution >= 0.6 is 0 Å². The number of hydrogen-bond donors (Lipinski definition) is 2. The van der Waals surface area contributed by atoms with E-state index in [0.717, 1.165) is 10.2 Å². The highest BCUT2D eigenvalue weighted by Crippen LogP contribution is 2.16. The van der Waals surface area contributed by atoms with Gasteiger partial charge >= 0.3 is 0 Å². The Kier molecular flexibility index (Phi) is 4.53. The van der Waals surface area contributed by atoms with E-state index in [2.05, 4.69) is 20.1 Å². The standard InChI is InChI=1S/C20H18N6O4/c1-10-8-11(2)22-20(21-10)25-19(28)16-17(27)15(12(3)23-18(16)24-25)9-13-4-6-14(7-5-13)26(29)30/h4-8H,9H2,1-3H3,(H2,23,24,27). The van der Waals surface area contributed by atoms with E-state index in [0.29, 0.717) is 22.6 Å². The Morgan fingerprint density at radius 3 is 2.30 bits per heavy atom. The molecule has 0 aliphatic heterocycles. The molecule has 0 saturated heterocycles. The number of nitrogens with one attached hydrogen (secondary N) is 2. The number of pyridine rings is 1. The summed E-state index contributed by atoms with van der Waals surface area (Å²) in [6.07, 6.45) is 0.236. The number of fused-ring (bicyclic) bond motifs is 1. The number of aromatic amines is 2. The van der Waals surface area contributed by atoms with E-state index in [1.165, 1.54) is 12.1 Å². The first-order chi connectivity index (χ1) is 14.2. The van der Waals surface area contributed by atoms with Crippen molar-refractivity contribution in [3.8, 4) is 5.95 Å². The van der Waals surface area contributed by atoms with Crippen molar-refractivity contribution in [3.05, 3.63) is 89.2 Å². The molecule has 0 saturated carbocycles. The first-order valence-corrected chi connectivity index (χ1v) is 9.17. The van der Waals surface area contributed by atoms with Crippen molar-refractivity contribution >= 4 is 16.7 Å². The topological polar surface area (TPSA) is 140 Å². The maximum absolute atomic E-state index is 13.1. The number of nitrogens with zero attached hydrogens (tertiary/aromatic N) is 4. The highest BCUT2D eigenvalue weighted by molar-refractivity contribution is 5.75. The van der Waals surface area contributed by atoms with E-state index in [1.807, 2.05) is 0 Å². The molecule has 0 radical (unpaired) electrons. The molecule has 3 heterocycles. The van der Waals surface area contributed by atoms with Gasteiger partial charge in [0.1, 0.15) is 11.0 Å². The van der Waals surface area contributed by atoms with Gasteiger partial charge in [0.15, 0.2) is 5.43 Å². The third kappa shape index (κ3) is 3.28. The summed E-state index contributed by atoms with van der Waals surface area (Å²) in [7, 11) is 0.